The predicted octanol–water partition coefficient (Wildman–Crippen LogP) is 5.99. The van der Waals surface area contributed by atoms with Crippen LogP contribution in [0, 0.1) is 64.1 Å². The second-order valence-electron chi connectivity index (χ2n) is 27.4. The largest absolute Gasteiger partial charge is 0.396 e. The van der Waals surface area contributed by atoms with Crippen molar-refractivity contribution < 1.29 is 55.5 Å². The number of rotatable bonds is 13. The molecule has 0 bridgehead atoms. The van der Waals surface area contributed by atoms with Crippen LogP contribution in [0.5, 0.6) is 0 Å². The monoisotopic (exact) mass is 1060 g/mol. The summed E-state index contributed by atoms with van der Waals surface area (Å²) in [5, 5.41) is 123. The first-order valence-corrected chi connectivity index (χ1v) is 30.9. The Bertz CT molecular complexity index is 2260. The summed E-state index contributed by atoms with van der Waals surface area (Å²) in [5.41, 5.74) is -1.06. The van der Waals surface area contributed by atoms with Crippen molar-refractivity contribution in [1.82, 2.24) is 10.6 Å². The lowest BCUT2D eigenvalue weighted by Gasteiger charge is -2.69. The molecule has 0 aromatic heterocycles. The van der Waals surface area contributed by atoms with Gasteiger partial charge in [0.15, 0.2) is 5.78 Å². The van der Waals surface area contributed by atoms with E-state index in [4.69, 9.17) is 10.5 Å². The number of Topliss-reactive ketones (excluding diaryl/α,β-unsaturated/α-hetero) is 1. The Morgan fingerprint density at radius 1 is 0.882 bits per heavy atom. The van der Waals surface area contributed by atoms with Crippen LogP contribution in [0.15, 0.2) is 46.8 Å². The Balaban J connectivity index is 1.10. The van der Waals surface area contributed by atoms with Crippen LogP contribution in [0.25, 0.3) is 0 Å². The molecule has 1 spiro atoms. The van der Waals surface area contributed by atoms with Gasteiger partial charge in [0.1, 0.15) is 5.60 Å². The van der Waals surface area contributed by atoms with Crippen molar-refractivity contribution >= 4 is 5.78 Å². The highest BCUT2D eigenvalue weighted by Gasteiger charge is 2.80. The number of fused-ring (bicyclic) bond motifs is 5. The number of nitrogens with one attached hydrogen (secondary N) is 2. The summed E-state index contributed by atoms with van der Waals surface area (Å²) in [6.45, 7) is 4.02. The average molecular weight is 1060 g/mol. The number of dihydropyridines is 1. The van der Waals surface area contributed by atoms with Gasteiger partial charge in [-0.05, 0) is 175 Å². The van der Waals surface area contributed by atoms with E-state index in [1.165, 1.54) is 0 Å². The standard InChI is InChI=1S/C62H97N3O11/c1-3-12-36-19-21-41-48(23-20-36)76-56-51(41)44(67)18-10-27-62(56,75)57(2,72)49-26-29-61(74)52-53(64-34-47(70)37-13-6-4-7-14-37)54(71)42-31-45(68)46(69)33-58(42)32-38(40-22-24-50(63)65-43(40)17-11-30-66)25-28-59(73,55(52)58)35-60(49,61)39-15-8-5-9-16-39/h22,24-25,28,36-39,41-42,44-51,55-56,64-70,72-75H,3-21,23,26-27,29-35,63H2,1-2H3. The number of ketones is 1. The Morgan fingerprint density at radius 2 is 1.62 bits per heavy atom. The fourth-order valence-corrected chi connectivity index (χ4v) is 20.3. The second kappa shape index (κ2) is 21.3. The molecule has 0 amide bonds. The van der Waals surface area contributed by atoms with Crippen molar-refractivity contribution in [2.45, 2.75) is 252 Å². The van der Waals surface area contributed by atoms with E-state index < -0.39 is 93.6 Å². The number of carbonyl (C=O) groups excluding carboxylic acids is 1. The van der Waals surface area contributed by atoms with Gasteiger partial charge in [0.2, 0.25) is 0 Å². The van der Waals surface area contributed by atoms with E-state index in [9.17, 15) is 46.0 Å². The van der Waals surface area contributed by atoms with Gasteiger partial charge >= 0.3 is 0 Å². The van der Waals surface area contributed by atoms with Gasteiger partial charge in [-0.25, -0.2) is 0 Å². The summed E-state index contributed by atoms with van der Waals surface area (Å²) in [6.07, 6.45) is 20.4. The van der Waals surface area contributed by atoms with Gasteiger partial charge in [0.05, 0.1) is 65.3 Å². The summed E-state index contributed by atoms with van der Waals surface area (Å²) in [5.74, 6) is -3.31. The van der Waals surface area contributed by atoms with E-state index in [2.05, 4.69) is 17.6 Å². The molecular weight excluding hydrogens is 963 g/mol. The van der Waals surface area contributed by atoms with E-state index in [0.717, 1.165) is 101 Å². The lowest BCUT2D eigenvalue weighted by atomic mass is 9.37. The van der Waals surface area contributed by atoms with Crippen molar-refractivity contribution in [2.24, 2.45) is 69.8 Å². The van der Waals surface area contributed by atoms with Crippen molar-refractivity contribution in [2.75, 3.05) is 13.2 Å². The smallest absolute Gasteiger partial charge is 0.182 e. The van der Waals surface area contributed by atoms with Crippen LogP contribution in [-0.4, -0.2) is 130 Å². The van der Waals surface area contributed by atoms with Gasteiger partial charge in [-0.1, -0.05) is 82.9 Å². The molecular formula is C62H97N3O11. The highest BCUT2D eigenvalue weighted by Crippen LogP contribution is 2.77. The van der Waals surface area contributed by atoms with Gasteiger partial charge in [-0.2, -0.15) is 0 Å². The molecule has 0 aromatic carbocycles. The molecule has 20 unspecified atom stereocenters. The third-order valence-corrected chi connectivity index (χ3v) is 23.6. The van der Waals surface area contributed by atoms with Crippen molar-refractivity contribution in [3.63, 3.8) is 0 Å². The van der Waals surface area contributed by atoms with E-state index in [1.54, 1.807) is 6.92 Å². The zero-order valence-corrected chi connectivity index (χ0v) is 46.0. The average Bonchev–Trinajstić information content (AvgIpc) is 3.32. The van der Waals surface area contributed by atoms with Crippen LogP contribution in [0.3, 0.4) is 0 Å². The zero-order valence-electron chi connectivity index (χ0n) is 46.0. The molecule has 13 N–H and O–H groups in total. The number of aliphatic hydroxyl groups excluding tert-OH is 5. The molecule has 76 heavy (non-hydrogen) atoms. The van der Waals surface area contributed by atoms with Crippen LogP contribution in [0.2, 0.25) is 0 Å². The molecule has 20 atom stereocenters. The molecule has 0 radical (unpaired) electrons. The topological polar surface area (TPSA) is 258 Å². The van der Waals surface area contributed by atoms with Crippen molar-refractivity contribution in [3.05, 3.63) is 46.8 Å². The number of allylic oxidation sites excluding steroid dienone is 5. The van der Waals surface area contributed by atoms with Gasteiger partial charge in [0.25, 0.3) is 0 Å². The van der Waals surface area contributed by atoms with Crippen molar-refractivity contribution in [1.29, 1.82) is 0 Å². The molecule has 11 aliphatic rings. The van der Waals surface area contributed by atoms with Gasteiger partial charge in [-0.15, -0.1) is 0 Å². The molecule has 2 aliphatic heterocycles. The minimum Gasteiger partial charge on any atom is -0.396 e. The van der Waals surface area contributed by atoms with Crippen LogP contribution >= 0.6 is 0 Å². The summed E-state index contributed by atoms with van der Waals surface area (Å²) in [4.78, 5) is 16.3. The normalized spacial score (nSPS) is 47.1. The minimum absolute atomic E-state index is 0.00915. The third-order valence-electron chi connectivity index (χ3n) is 23.6. The predicted molar refractivity (Wildman–Crippen MR) is 288 cm³/mol. The molecule has 8 fully saturated rings. The number of hydrogen-bond donors (Lipinski definition) is 12. The number of ether oxygens (including phenoxy) is 1. The second-order valence-corrected chi connectivity index (χ2v) is 27.4. The van der Waals surface area contributed by atoms with E-state index >= 15 is 4.79 Å². The van der Waals surface area contributed by atoms with Crippen LogP contribution in [-0.2, 0) is 9.53 Å². The van der Waals surface area contributed by atoms with Gasteiger partial charge in [0, 0.05) is 47.9 Å². The number of hydrogen-bond acceptors (Lipinski definition) is 14. The molecule has 11 rings (SSSR count). The molecule has 9 aliphatic carbocycles. The van der Waals surface area contributed by atoms with Crippen LogP contribution in [0.4, 0.5) is 0 Å². The Morgan fingerprint density at radius 3 is 2.36 bits per heavy atom. The number of carbonyl (C=O) groups is 1. The highest BCUT2D eigenvalue weighted by molar-refractivity contribution is 6.00. The fraction of sp³-hybridized carbons (Fsp3) is 0.855. The van der Waals surface area contributed by atoms with Crippen LogP contribution in [0.1, 0.15) is 187 Å². The number of aliphatic hydroxyl groups is 9. The lowest BCUT2D eigenvalue weighted by molar-refractivity contribution is -0.276. The maximum absolute atomic E-state index is 16.3. The summed E-state index contributed by atoms with van der Waals surface area (Å²) >= 11 is 0. The summed E-state index contributed by atoms with van der Waals surface area (Å²) < 4.78 is 7.18. The Hall–Kier alpha value is -2.21. The van der Waals surface area contributed by atoms with E-state index in [1.807, 2.05) is 24.3 Å². The van der Waals surface area contributed by atoms with Crippen LogP contribution < -0.4 is 16.4 Å². The van der Waals surface area contributed by atoms with Gasteiger partial charge < -0.3 is 67.1 Å². The maximum Gasteiger partial charge on any atom is 0.182 e. The Labute approximate surface area is 452 Å². The first-order valence-electron chi connectivity index (χ1n) is 30.9. The third kappa shape index (κ3) is 8.84. The lowest BCUT2D eigenvalue weighted by Crippen LogP contribution is -2.74. The molecule has 1 saturated heterocycles. The fourth-order valence-electron chi connectivity index (χ4n) is 20.3. The zero-order chi connectivity index (χ0) is 53.6. The van der Waals surface area contributed by atoms with Crippen molar-refractivity contribution in [3.8, 4) is 0 Å². The minimum atomic E-state index is -1.92. The molecule has 2 heterocycles. The molecule has 7 saturated carbocycles. The number of nitrogens with two attached hydrogens (primary N) is 1. The molecule has 14 nitrogen and oxygen atoms in total. The molecule has 14 heteroatoms. The SMILES string of the molecule is CCCC1CCC2OC3C(C(O)CCCC3(O)C(C)(O)C3CCC4(O)C5=C(NCC(O)C6CCCCC6)C(=O)C6CC(O)C(O)CC67CC(C6=C(CCCO)NC(N)C=C6)C=CC(O)(CC34C3CCCCC3)C57)C2CC1. The highest BCUT2D eigenvalue weighted by atomic mass is 16.5. The Kier molecular flexibility index (Phi) is 15.6. The maximum atomic E-state index is 16.3. The first kappa shape index (κ1) is 55.7. The molecule has 426 valence electrons. The quantitative estimate of drug-likeness (QED) is 0.0947. The first-order chi connectivity index (χ1) is 36.4. The molecule has 0 aromatic rings. The van der Waals surface area contributed by atoms with E-state index in [0.29, 0.717) is 56.4 Å². The van der Waals surface area contributed by atoms with Gasteiger partial charge in [-0.3, -0.25) is 4.79 Å². The summed E-state index contributed by atoms with van der Waals surface area (Å²) in [6, 6.07) is 0. The summed E-state index contributed by atoms with van der Waals surface area (Å²) in [7, 11) is 0. The van der Waals surface area contributed by atoms with E-state index in [-0.39, 0.29) is 92.9 Å².